The van der Waals surface area contributed by atoms with Crippen LogP contribution in [0.4, 0.5) is 11.5 Å². The minimum Gasteiger partial charge on any atom is -0.399 e. The van der Waals surface area contributed by atoms with Crippen LogP contribution in [0.25, 0.3) is 0 Å². The number of carbonyl (C=O) groups excluding carboxylic acids is 1. The average Bonchev–Trinajstić information content (AvgIpc) is 3.12. The molecule has 7 heteroatoms. The molecule has 6 nitrogen and oxygen atoms in total. The molecule has 2 aliphatic heterocycles. The van der Waals surface area contributed by atoms with Crippen molar-refractivity contribution in [2.24, 2.45) is 0 Å². The number of piperidine rings is 1. The molecule has 5 rings (SSSR count). The summed E-state index contributed by atoms with van der Waals surface area (Å²) in [5.74, 6) is 0.299. The summed E-state index contributed by atoms with van der Waals surface area (Å²) in [6.07, 6.45) is 2.55. The van der Waals surface area contributed by atoms with Crippen LogP contribution < -0.4 is 16.0 Å². The van der Waals surface area contributed by atoms with Crippen molar-refractivity contribution in [3.8, 4) is 0 Å². The molecule has 0 aliphatic carbocycles. The lowest BCUT2D eigenvalue weighted by Crippen LogP contribution is -2.41. The Labute approximate surface area is 192 Å². The lowest BCUT2D eigenvalue weighted by atomic mass is 9.84. The van der Waals surface area contributed by atoms with Gasteiger partial charge in [-0.15, -0.1) is 0 Å². The van der Waals surface area contributed by atoms with E-state index in [2.05, 4.69) is 16.4 Å². The van der Waals surface area contributed by atoms with E-state index in [4.69, 9.17) is 22.1 Å². The molecule has 1 aromatic heterocycles. The van der Waals surface area contributed by atoms with Crippen molar-refractivity contribution in [1.29, 1.82) is 0 Å². The lowest BCUT2D eigenvalue weighted by Gasteiger charge is -2.35. The number of rotatable bonds is 4. The molecule has 1 amide bonds. The van der Waals surface area contributed by atoms with Gasteiger partial charge < -0.3 is 15.8 Å². The molecule has 164 valence electrons. The first kappa shape index (κ1) is 20.9. The monoisotopic (exact) mass is 448 g/mol. The minimum atomic E-state index is -0.713. The first-order chi connectivity index (χ1) is 15.6. The molecule has 2 aliphatic rings. The summed E-state index contributed by atoms with van der Waals surface area (Å²) in [7, 11) is 0. The quantitative estimate of drug-likeness (QED) is 0.625. The second kappa shape index (κ2) is 8.54. The van der Waals surface area contributed by atoms with Gasteiger partial charge in [-0.05, 0) is 54.8 Å². The fraction of sp³-hybridized carbons (Fsp3) is 0.280. The number of nitrogen functional groups attached to an aromatic ring is 1. The van der Waals surface area contributed by atoms with Gasteiger partial charge in [-0.3, -0.25) is 9.69 Å². The van der Waals surface area contributed by atoms with E-state index in [0.717, 1.165) is 42.6 Å². The van der Waals surface area contributed by atoms with Gasteiger partial charge in [0.15, 0.2) is 6.10 Å². The second-order valence-electron chi connectivity index (χ2n) is 8.29. The zero-order valence-corrected chi connectivity index (χ0v) is 18.4. The van der Waals surface area contributed by atoms with Crippen molar-refractivity contribution < 1.29 is 9.53 Å². The van der Waals surface area contributed by atoms with Crippen molar-refractivity contribution >= 4 is 29.0 Å². The molecule has 0 radical (unpaired) electrons. The van der Waals surface area contributed by atoms with Crippen molar-refractivity contribution in [2.75, 3.05) is 23.7 Å². The summed E-state index contributed by atoms with van der Waals surface area (Å²) < 4.78 is 6.60. The van der Waals surface area contributed by atoms with Crippen LogP contribution in [0.5, 0.6) is 0 Å². The number of nitrogens with two attached hydrogens (primary N) is 1. The van der Waals surface area contributed by atoms with E-state index in [1.54, 1.807) is 23.2 Å². The van der Waals surface area contributed by atoms with Crippen LogP contribution in [0, 0.1) is 0 Å². The van der Waals surface area contributed by atoms with Crippen LogP contribution >= 0.6 is 11.6 Å². The highest BCUT2D eigenvalue weighted by molar-refractivity contribution is 6.31. The van der Waals surface area contributed by atoms with Gasteiger partial charge in [-0.2, -0.15) is 0 Å². The fourth-order valence-electron chi connectivity index (χ4n) is 4.69. The number of nitrogens with zero attached hydrogens (tertiary/aromatic N) is 2. The number of nitrogens with one attached hydrogen (secondary N) is 1. The van der Waals surface area contributed by atoms with E-state index in [1.165, 1.54) is 0 Å². The molecule has 3 heterocycles. The normalized spacial score (nSPS) is 19.0. The summed E-state index contributed by atoms with van der Waals surface area (Å²) in [5.41, 5.74) is 8.97. The summed E-state index contributed by atoms with van der Waals surface area (Å²) in [4.78, 5) is 20.1. The standard InChI is InChI=1S/C25H25ClN4O2/c26-21-8-4-1-5-17(21)16-30(22-15-18(27)9-12-29-22)24(31)23-19-6-2-3-7-20(19)25(32-23)10-13-28-14-11-25/h1-9,12,15,23,28H,10-11,13-14,16H2,(H2,27,29). The molecule has 1 unspecified atom stereocenters. The third-order valence-corrected chi connectivity index (χ3v) is 6.68. The number of pyridine rings is 1. The molecule has 1 spiro atoms. The molecule has 2 aromatic carbocycles. The van der Waals surface area contributed by atoms with Gasteiger partial charge in [-0.1, -0.05) is 54.1 Å². The van der Waals surface area contributed by atoms with E-state index in [-0.39, 0.29) is 12.5 Å². The number of anilines is 2. The first-order valence-electron chi connectivity index (χ1n) is 10.8. The number of carbonyl (C=O) groups is 1. The Balaban J connectivity index is 1.55. The SMILES string of the molecule is Nc1ccnc(N(Cc2ccccc2Cl)C(=O)C2OC3(CCNCC3)c3ccccc32)c1. The first-order valence-corrected chi connectivity index (χ1v) is 11.2. The molecule has 0 bridgehead atoms. The van der Waals surface area contributed by atoms with Crippen molar-refractivity contribution in [2.45, 2.75) is 31.1 Å². The number of hydrogen-bond donors (Lipinski definition) is 2. The van der Waals surface area contributed by atoms with Crippen molar-refractivity contribution in [1.82, 2.24) is 10.3 Å². The van der Waals surface area contributed by atoms with Gasteiger partial charge in [0.05, 0.1) is 12.1 Å². The molecule has 1 atom stereocenters. The molecular formula is C25H25ClN4O2. The van der Waals surface area contributed by atoms with Crippen LogP contribution in [0.1, 0.15) is 35.6 Å². The third kappa shape index (κ3) is 3.75. The largest absolute Gasteiger partial charge is 0.399 e. The highest BCUT2D eigenvalue weighted by Gasteiger charge is 2.48. The lowest BCUT2D eigenvalue weighted by molar-refractivity contribution is -0.145. The number of aromatic nitrogens is 1. The maximum Gasteiger partial charge on any atom is 0.262 e. The van der Waals surface area contributed by atoms with Gasteiger partial charge in [0.25, 0.3) is 5.91 Å². The third-order valence-electron chi connectivity index (χ3n) is 6.31. The number of amides is 1. The smallest absolute Gasteiger partial charge is 0.262 e. The maximum atomic E-state index is 14.0. The Hall–Kier alpha value is -2.93. The number of fused-ring (bicyclic) bond motifs is 2. The Morgan fingerprint density at radius 2 is 1.91 bits per heavy atom. The van der Waals surface area contributed by atoms with Crippen molar-refractivity contribution in [3.05, 3.63) is 88.6 Å². The molecule has 32 heavy (non-hydrogen) atoms. The van der Waals surface area contributed by atoms with Crippen LogP contribution in [0.15, 0.2) is 66.9 Å². The van der Waals surface area contributed by atoms with E-state index < -0.39 is 11.7 Å². The van der Waals surface area contributed by atoms with E-state index in [0.29, 0.717) is 16.5 Å². The van der Waals surface area contributed by atoms with Gasteiger partial charge in [-0.25, -0.2) is 4.98 Å². The average molecular weight is 449 g/mol. The Morgan fingerprint density at radius 1 is 1.16 bits per heavy atom. The Bertz CT molecular complexity index is 1150. The van der Waals surface area contributed by atoms with Crippen LogP contribution in [0.3, 0.4) is 0 Å². The Morgan fingerprint density at radius 3 is 2.69 bits per heavy atom. The summed E-state index contributed by atoms with van der Waals surface area (Å²) >= 11 is 6.43. The number of halogens is 1. The molecule has 3 aromatic rings. The van der Waals surface area contributed by atoms with Crippen LogP contribution in [0.2, 0.25) is 5.02 Å². The van der Waals surface area contributed by atoms with Gasteiger partial charge >= 0.3 is 0 Å². The zero-order chi connectivity index (χ0) is 22.1. The second-order valence-corrected chi connectivity index (χ2v) is 8.70. The predicted octanol–water partition coefficient (Wildman–Crippen LogP) is 4.20. The summed E-state index contributed by atoms with van der Waals surface area (Å²) in [6.45, 7) is 1.98. The highest BCUT2D eigenvalue weighted by Crippen LogP contribution is 2.49. The van der Waals surface area contributed by atoms with Crippen LogP contribution in [-0.4, -0.2) is 24.0 Å². The predicted molar refractivity (Wildman–Crippen MR) is 125 cm³/mol. The molecule has 1 saturated heterocycles. The fourth-order valence-corrected chi connectivity index (χ4v) is 4.88. The minimum absolute atomic E-state index is 0.175. The van der Waals surface area contributed by atoms with E-state index >= 15 is 0 Å². The van der Waals surface area contributed by atoms with Crippen LogP contribution in [-0.2, 0) is 21.7 Å². The maximum absolute atomic E-state index is 14.0. The summed E-state index contributed by atoms with van der Waals surface area (Å²) in [6, 6.07) is 19.0. The van der Waals surface area contributed by atoms with Gasteiger partial charge in [0.2, 0.25) is 0 Å². The number of hydrogen-bond acceptors (Lipinski definition) is 5. The Kier molecular flexibility index (Phi) is 5.59. The molecule has 1 fully saturated rings. The topological polar surface area (TPSA) is 80.5 Å². The zero-order valence-electron chi connectivity index (χ0n) is 17.6. The molecule has 0 saturated carbocycles. The summed E-state index contributed by atoms with van der Waals surface area (Å²) in [5, 5.41) is 3.98. The van der Waals surface area contributed by atoms with E-state index in [1.807, 2.05) is 42.5 Å². The van der Waals surface area contributed by atoms with E-state index in [9.17, 15) is 4.79 Å². The molecular weight excluding hydrogens is 424 g/mol. The van der Waals surface area contributed by atoms with Crippen molar-refractivity contribution in [3.63, 3.8) is 0 Å². The molecule has 3 N–H and O–H groups in total. The van der Waals surface area contributed by atoms with Gasteiger partial charge in [0, 0.05) is 23.0 Å². The number of benzene rings is 2. The van der Waals surface area contributed by atoms with Gasteiger partial charge in [0.1, 0.15) is 5.82 Å². The number of ether oxygens (including phenoxy) is 1. The highest BCUT2D eigenvalue weighted by atomic mass is 35.5.